The van der Waals surface area contributed by atoms with E-state index in [-0.39, 0.29) is 42.0 Å². The summed E-state index contributed by atoms with van der Waals surface area (Å²) in [7, 11) is -3.30. The second-order valence-corrected chi connectivity index (χ2v) is 8.86. The first-order chi connectivity index (χ1) is 11.4. The highest BCUT2D eigenvalue weighted by Gasteiger charge is 2.36. The molecule has 24 heavy (non-hydrogen) atoms. The molecule has 5 nitrogen and oxygen atoms in total. The summed E-state index contributed by atoms with van der Waals surface area (Å²) in [5.74, 6) is -1.15. The summed E-state index contributed by atoms with van der Waals surface area (Å²) in [6, 6.07) is 4.11. The van der Waals surface area contributed by atoms with Crippen LogP contribution in [0, 0.1) is 5.82 Å². The number of sulfonamides is 1. The van der Waals surface area contributed by atoms with Crippen molar-refractivity contribution in [3.05, 3.63) is 34.6 Å². The van der Waals surface area contributed by atoms with Gasteiger partial charge in [-0.1, -0.05) is 30.5 Å². The van der Waals surface area contributed by atoms with Gasteiger partial charge in [0.1, 0.15) is 5.82 Å². The van der Waals surface area contributed by atoms with E-state index in [1.165, 1.54) is 27.4 Å². The Morgan fingerprint density at radius 1 is 1.12 bits per heavy atom. The van der Waals surface area contributed by atoms with Gasteiger partial charge in [-0.2, -0.15) is 4.31 Å². The van der Waals surface area contributed by atoms with Gasteiger partial charge in [-0.25, -0.2) is 12.8 Å². The summed E-state index contributed by atoms with van der Waals surface area (Å²) in [5.41, 5.74) is -0.147. The van der Waals surface area contributed by atoms with E-state index >= 15 is 0 Å². The standard InChI is InChI=1S/C16H20ClFN2O3S/c17-13-6-3-7-14(18)15(13)16(21)19-8-10-20(11-9-19)24(22,23)12-4-1-2-5-12/h3,6-7,12H,1-2,4-5,8-11H2. The second kappa shape index (κ2) is 6.98. The van der Waals surface area contributed by atoms with Crippen molar-refractivity contribution in [3.8, 4) is 0 Å². The van der Waals surface area contributed by atoms with Crippen LogP contribution in [0.1, 0.15) is 36.0 Å². The summed E-state index contributed by atoms with van der Waals surface area (Å²) in [6.07, 6.45) is 3.33. The molecule has 0 unspecified atom stereocenters. The lowest BCUT2D eigenvalue weighted by Crippen LogP contribution is -2.52. The topological polar surface area (TPSA) is 57.7 Å². The van der Waals surface area contributed by atoms with Crippen LogP contribution in [0.3, 0.4) is 0 Å². The van der Waals surface area contributed by atoms with Gasteiger partial charge in [0.15, 0.2) is 0 Å². The van der Waals surface area contributed by atoms with Gasteiger partial charge >= 0.3 is 0 Å². The summed E-state index contributed by atoms with van der Waals surface area (Å²) < 4.78 is 40.5. The Kier molecular flexibility index (Phi) is 5.13. The van der Waals surface area contributed by atoms with Crippen LogP contribution in [0.15, 0.2) is 18.2 Å². The number of piperazine rings is 1. The first-order valence-corrected chi connectivity index (χ1v) is 10.0. The Morgan fingerprint density at radius 2 is 1.75 bits per heavy atom. The van der Waals surface area contributed by atoms with Crippen molar-refractivity contribution in [1.82, 2.24) is 9.21 Å². The Labute approximate surface area is 146 Å². The number of amides is 1. The van der Waals surface area contributed by atoms with Gasteiger partial charge in [-0.05, 0) is 25.0 Å². The van der Waals surface area contributed by atoms with Crippen molar-refractivity contribution in [2.24, 2.45) is 0 Å². The number of nitrogens with zero attached hydrogens (tertiary/aromatic N) is 2. The zero-order valence-corrected chi connectivity index (χ0v) is 14.8. The average molecular weight is 375 g/mol. The monoisotopic (exact) mass is 374 g/mol. The second-order valence-electron chi connectivity index (χ2n) is 6.24. The molecule has 1 aromatic rings. The largest absolute Gasteiger partial charge is 0.336 e. The lowest BCUT2D eigenvalue weighted by atomic mass is 10.1. The molecule has 0 N–H and O–H groups in total. The highest BCUT2D eigenvalue weighted by Crippen LogP contribution is 2.28. The van der Waals surface area contributed by atoms with Gasteiger partial charge < -0.3 is 4.90 Å². The predicted octanol–water partition coefficient (Wildman–Crippen LogP) is 2.51. The molecule has 0 spiro atoms. The minimum absolute atomic E-state index is 0.0704. The lowest BCUT2D eigenvalue weighted by Gasteiger charge is -2.35. The third kappa shape index (κ3) is 3.30. The van der Waals surface area contributed by atoms with Crippen LogP contribution in [-0.2, 0) is 10.0 Å². The number of halogens is 2. The van der Waals surface area contributed by atoms with Crippen molar-refractivity contribution in [2.75, 3.05) is 26.2 Å². The fourth-order valence-corrected chi connectivity index (χ4v) is 5.67. The molecule has 1 amide bonds. The molecule has 2 aliphatic rings. The van der Waals surface area contributed by atoms with Crippen LogP contribution in [0.5, 0.6) is 0 Å². The maximum absolute atomic E-state index is 13.9. The number of hydrogen-bond donors (Lipinski definition) is 0. The number of carbonyl (C=O) groups is 1. The van der Waals surface area contributed by atoms with Gasteiger partial charge in [0.25, 0.3) is 5.91 Å². The van der Waals surface area contributed by atoms with E-state index in [9.17, 15) is 17.6 Å². The summed E-state index contributed by atoms with van der Waals surface area (Å²) >= 11 is 5.94. The molecular weight excluding hydrogens is 355 g/mol. The highest BCUT2D eigenvalue weighted by atomic mass is 35.5. The van der Waals surface area contributed by atoms with E-state index in [4.69, 9.17) is 11.6 Å². The van der Waals surface area contributed by atoms with Crippen LogP contribution in [0.25, 0.3) is 0 Å². The Bertz CT molecular complexity index is 707. The molecule has 1 aliphatic heterocycles. The third-order valence-electron chi connectivity index (χ3n) is 4.79. The van der Waals surface area contributed by atoms with E-state index < -0.39 is 21.7 Å². The fraction of sp³-hybridized carbons (Fsp3) is 0.562. The van der Waals surface area contributed by atoms with Crippen molar-refractivity contribution in [3.63, 3.8) is 0 Å². The SMILES string of the molecule is O=C(c1c(F)cccc1Cl)N1CCN(S(=O)(=O)C2CCCC2)CC1. The van der Waals surface area contributed by atoms with Crippen LogP contribution >= 0.6 is 11.6 Å². The Morgan fingerprint density at radius 3 is 2.33 bits per heavy atom. The van der Waals surface area contributed by atoms with Crippen molar-refractivity contribution in [2.45, 2.75) is 30.9 Å². The quantitative estimate of drug-likeness (QED) is 0.816. The molecule has 0 bridgehead atoms. The zero-order chi connectivity index (χ0) is 17.3. The first-order valence-electron chi connectivity index (χ1n) is 8.13. The van der Waals surface area contributed by atoms with E-state index in [0.29, 0.717) is 12.8 Å². The number of hydrogen-bond acceptors (Lipinski definition) is 3. The normalized spacial score (nSPS) is 20.5. The van der Waals surface area contributed by atoms with Crippen LogP contribution < -0.4 is 0 Å². The molecule has 1 aromatic carbocycles. The maximum Gasteiger partial charge on any atom is 0.258 e. The molecule has 1 aliphatic carbocycles. The molecule has 0 radical (unpaired) electrons. The zero-order valence-electron chi connectivity index (χ0n) is 13.2. The molecule has 2 fully saturated rings. The van der Waals surface area contributed by atoms with Gasteiger partial charge in [-0.3, -0.25) is 4.79 Å². The lowest BCUT2D eigenvalue weighted by molar-refractivity contribution is 0.0693. The van der Waals surface area contributed by atoms with E-state index in [1.807, 2.05) is 0 Å². The highest BCUT2D eigenvalue weighted by molar-refractivity contribution is 7.89. The fourth-order valence-electron chi connectivity index (χ4n) is 3.40. The Hall–Kier alpha value is -1.18. The molecule has 1 saturated heterocycles. The average Bonchev–Trinajstić information content (AvgIpc) is 3.10. The van der Waals surface area contributed by atoms with E-state index in [0.717, 1.165) is 12.8 Å². The molecule has 1 heterocycles. The number of rotatable bonds is 3. The molecule has 132 valence electrons. The minimum Gasteiger partial charge on any atom is -0.336 e. The molecule has 0 aromatic heterocycles. The van der Waals surface area contributed by atoms with Crippen LogP contribution in [0.4, 0.5) is 4.39 Å². The molecule has 8 heteroatoms. The third-order valence-corrected chi connectivity index (χ3v) is 7.50. The molecular formula is C16H20ClFN2O3S. The smallest absolute Gasteiger partial charge is 0.258 e. The van der Waals surface area contributed by atoms with Crippen molar-refractivity contribution >= 4 is 27.5 Å². The van der Waals surface area contributed by atoms with Crippen LogP contribution in [-0.4, -0.2) is 55.0 Å². The molecule has 0 atom stereocenters. The van der Waals surface area contributed by atoms with Gasteiger partial charge in [0, 0.05) is 26.2 Å². The maximum atomic E-state index is 13.9. The van der Waals surface area contributed by atoms with E-state index in [2.05, 4.69) is 0 Å². The Balaban J connectivity index is 1.68. The summed E-state index contributed by atoms with van der Waals surface area (Å²) in [6.45, 7) is 0.984. The van der Waals surface area contributed by atoms with Crippen LogP contribution in [0.2, 0.25) is 5.02 Å². The number of benzene rings is 1. The number of carbonyl (C=O) groups excluding carboxylic acids is 1. The van der Waals surface area contributed by atoms with Crippen molar-refractivity contribution in [1.29, 1.82) is 0 Å². The van der Waals surface area contributed by atoms with Gasteiger partial charge in [-0.15, -0.1) is 0 Å². The van der Waals surface area contributed by atoms with Gasteiger partial charge in [0.2, 0.25) is 10.0 Å². The van der Waals surface area contributed by atoms with Gasteiger partial charge in [0.05, 0.1) is 15.8 Å². The molecule has 1 saturated carbocycles. The van der Waals surface area contributed by atoms with E-state index in [1.54, 1.807) is 0 Å². The summed E-state index contributed by atoms with van der Waals surface area (Å²) in [4.78, 5) is 14.0. The summed E-state index contributed by atoms with van der Waals surface area (Å²) in [5, 5.41) is -0.221. The van der Waals surface area contributed by atoms with Crippen molar-refractivity contribution < 1.29 is 17.6 Å². The predicted molar refractivity (Wildman–Crippen MR) is 90.1 cm³/mol. The molecule has 3 rings (SSSR count). The first kappa shape index (κ1) is 17.6. The minimum atomic E-state index is -3.30.